The van der Waals surface area contributed by atoms with Crippen molar-refractivity contribution >= 4 is 0 Å². The minimum Gasteiger partial charge on any atom is -0.507 e. The van der Waals surface area contributed by atoms with Crippen molar-refractivity contribution < 1.29 is 5.11 Å². The van der Waals surface area contributed by atoms with Crippen LogP contribution >= 0.6 is 0 Å². The van der Waals surface area contributed by atoms with Crippen molar-refractivity contribution in [1.29, 1.82) is 0 Å². The maximum Gasteiger partial charge on any atom is 0.122 e. The van der Waals surface area contributed by atoms with Crippen LogP contribution in [0.1, 0.15) is 120 Å². The molecule has 0 aliphatic rings. The van der Waals surface area contributed by atoms with Gasteiger partial charge >= 0.3 is 0 Å². The highest BCUT2D eigenvalue weighted by molar-refractivity contribution is 5.55. The smallest absolute Gasteiger partial charge is 0.122 e. The van der Waals surface area contributed by atoms with Crippen molar-refractivity contribution in [3.8, 4) is 5.75 Å². The summed E-state index contributed by atoms with van der Waals surface area (Å²) in [5, 5.41) is 11.1. The van der Waals surface area contributed by atoms with E-state index in [0.29, 0.717) is 5.75 Å². The summed E-state index contributed by atoms with van der Waals surface area (Å²) in [5.74, 6) is 0.645. The number of benzene rings is 1. The molecule has 0 saturated carbocycles. The Hall–Kier alpha value is -0.980. The van der Waals surface area contributed by atoms with E-state index in [0.717, 1.165) is 25.7 Å². The van der Waals surface area contributed by atoms with E-state index < -0.39 is 0 Å². The van der Waals surface area contributed by atoms with Crippen LogP contribution in [0.25, 0.3) is 0 Å². The summed E-state index contributed by atoms with van der Waals surface area (Å²) in [5.41, 5.74) is 7.11. The van der Waals surface area contributed by atoms with Crippen LogP contribution in [0.2, 0.25) is 0 Å². The lowest BCUT2D eigenvalue weighted by atomic mass is 9.82. The fourth-order valence-corrected chi connectivity index (χ4v) is 4.31. The van der Waals surface area contributed by atoms with Crippen LogP contribution in [0.3, 0.4) is 0 Å². The highest BCUT2D eigenvalue weighted by Crippen LogP contribution is 2.37. The maximum atomic E-state index is 11.1. The van der Waals surface area contributed by atoms with Crippen molar-refractivity contribution in [1.82, 2.24) is 0 Å². The lowest BCUT2D eigenvalue weighted by Crippen LogP contribution is -2.10. The summed E-state index contributed by atoms with van der Waals surface area (Å²) in [4.78, 5) is 0. The van der Waals surface area contributed by atoms with E-state index in [1.165, 1.54) is 86.5 Å². The number of phenolic OH excluding ortho intramolecular Hbond substituents is 1. The second kappa shape index (κ2) is 13.2. The van der Waals surface area contributed by atoms with Gasteiger partial charge in [-0.15, -0.1) is 0 Å². The van der Waals surface area contributed by atoms with Gasteiger partial charge in [-0.1, -0.05) is 73.1 Å². The Bertz CT molecular complexity index is 516. The molecule has 0 heterocycles. The van der Waals surface area contributed by atoms with Crippen molar-refractivity contribution in [2.24, 2.45) is 0 Å². The van der Waals surface area contributed by atoms with E-state index in [2.05, 4.69) is 34.6 Å². The van der Waals surface area contributed by atoms with E-state index in [-0.39, 0.29) is 0 Å². The summed E-state index contributed by atoms with van der Waals surface area (Å²) in [6, 6.07) is 0. The molecule has 1 N–H and O–H groups in total. The molecule has 0 aliphatic heterocycles. The first-order valence-corrected chi connectivity index (χ1v) is 11.5. The molecule has 26 heavy (non-hydrogen) atoms. The number of aromatic hydroxyl groups is 1. The molecule has 0 bridgehead atoms. The van der Waals surface area contributed by atoms with E-state index in [1.54, 1.807) is 5.56 Å². The van der Waals surface area contributed by atoms with E-state index in [4.69, 9.17) is 0 Å². The molecule has 150 valence electrons. The van der Waals surface area contributed by atoms with E-state index in [9.17, 15) is 5.11 Å². The Morgan fingerprint density at radius 1 is 0.462 bits per heavy atom. The number of hydrogen-bond donors (Lipinski definition) is 1. The standard InChI is InChI=1S/C25H44O/c1-6-11-14-15-16-19-24-23(18-13-8-3)22(17-12-7-2)20(9-4)21(10-5)25(24)26/h26H,6-19H2,1-5H3. The zero-order valence-electron chi connectivity index (χ0n) is 18.3. The number of phenols is 1. The summed E-state index contributed by atoms with van der Waals surface area (Å²) in [6.07, 6.45) is 16.8. The van der Waals surface area contributed by atoms with Crippen LogP contribution in [-0.2, 0) is 32.1 Å². The van der Waals surface area contributed by atoms with Crippen molar-refractivity contribution in [3.05, 3.63) is 27.8 Å². The predicted octanol–water partition coefficient (Wildman–Crippen LogP) is 7.72. The Balaban J connectivity index is 3.27. The average molecular weight is 361 g/mol. The van der Waals surface area contributed by atoms with Gasteiger partial charge in [0.1, 0.15) is 5.75 Å². The highest BCUT2D eigenvalue weighted by atomic mass is 16.3. The first kappa shape index (κ1) is 23.1. The van der Waals surface area contributed by atoms with Crippen molar-refractivity contribution in [3.63, 3.8) is 0 Å². The molecule has 0 aromatic heterocycles. The zero-order chi connectivity index (χ0) is 19.4. The third kappa shape index (κ3) is 6.32. The molecule has 1 nitrogen and oxygen atoms in total. The molecule has 0 unspecified atom stereocenters. The molecule has 0 fully saturated rings. The molecule has 0 spiro atoms. The van der Waals surface area contributed by atoms with Gasteiger partial charge in [-0.25, -0.2) is 0 Å². The van der Waals surface area contributed by atoms with Gasteiger partial charge in [0.15, 0.2) is 0 Å². The number of hydrogen-bond acceptors (Lipinski definition) is 1. The molecule has 1 aromatic carbocycles. The fraction of sp³-hybridized carbons (Fsp3) is 0.760. The van der Waals surface area contributed by atoms with Gasteiger partial charge in [-0.3, -0.25) is 0 Å². The monoisotopic (exact) mass is 360 g/mol. The van der Waals surface area contributed by atoms with Crippen molar-refractivity contribution in [2.45, 2.75) is 125 Å². The molecule has 1 heteroatoms. The summed E-state index contributed by atoms with van der Waals surface area (Å²) in [6.45, 7) is 11.3. The Kier molecular flexibility index (Phi) is 11.7. The first-order valence-electron chi connectivity index (χ1n) is 11.5. The lowest BCUT2D eigenvalue weighted by molar-refractivity contribution is 0.456. The summed E-state index contributed by atoms with van der Waals surface area (Å²) >= 11 is 0. The lowest BCUT2D eigenvalue weighted by Gasteiger charge is -2.24. The first-order chi connectivity index (χ1) is 12.7. The van der Waals surface area contributed by atoms with Gasteiger partial charge in [-0.2, -0.15) is 0 Å². The van der Waals surface area contributed by atoms with Crippen LogP contribution in [0.5, 0.6) is 5.75 Å². The average Bonchev–Trinajstić information content (AvgIpc) is 2.65. The largest absolute Gasteiger partial charge is 0.507 e. The third-order valence-electron chi connectivity index (χ3n) is 5.83. The van der Waals surface area contributed by atoms with Crippen molar-refractivity contribution in [2.75, 3.05) is 0 Å². The molecular formula is C25H44O. The molecule has 0 amide bonds. The Morgan fingerprint density at radius 2 is 0.923 bits per heavy atom. The van der Waals surface area contributed by atoms with Crippen LogP contribution in [0.4, 0.5) is 0 Å². The minimum atomic E-state index is 0.645. The molecule has 0 aliphatic carbocycles. The van der Waals surface area contributed by atoms with E-state index in [1.807, 2.05) is 0 Å². The third-order valence-corrected chi connectivity index (χ3v) is 5.83. The fourth-order valence-electron chi connectivity index (χ4n) is 4.31. The number of unbranched alkanes of at least 4 members (excludes halogenated alkanes) is 6. The van der Waals surface area contributed by atoms with Gasteiger partial charge in [0.2, 0.25) is 0 Å². The topological polar surface area (TPSA) is 20.2 Å². The zero-order valence-corrected chi connectivity index (χ0v) is 18.3. The quantitative estimate of drug-likeness (QED) is 0.337. The molecular weight excluding hydrogens is 316 g/mol. The van der Waals surface area contributed by atoms with Gasteiger partial charge in [0, 0.05) is 0 Å². The van der Waals surface area contributed by atoms with Gasteiger partial charge in [-0.05, 0) is 79.2 Å². The van der Waals surface area contributed by atoms with Gasteiger partial charge in [0.25, 0.3) is 0 Å². The Morgan fingerprint density at radius 3 is 1.42 bits per heavy atom. The molecule has 0 atom stereocenters. The van der Waals surface area contributed by atoms with Crippen LogP contribution in [0.15, 0.2) is 0 Å². The molecule has 1 aromatic rings. The van der Waals surface area contributed by atoms with Crippen LogP contribution in [0, 0.1) is 0 Å². The summed E-state index contributed by atoms with van der Waals surface area (Å²) < 4.78 is 0. The van der Waals surface area contributed by atoms with Gasteiger partial charge in [0.05, 0.1) is 0 Å². The minimum absolute atomic E-state index is 0.645. The number of rotatable bonds is 14. The van der Waals surface area contributed by atoms with Gasteiger partial charge < -0.3 is 5.11 Å². The molecule has 0 radical (unpaired) electrons. The summed E-state index contributed by atoms with van der Waals surface area (Å²) in [7, 11) is 0. The SMILES string of the molecule is CCCCCCCc1c(O)c(CC)c(CC)c(CCCC)c1CCCC. The second-order valence-electron chi connectivity index (χ2n) is 7.82. The normalized spacial score (nSPS) is 11.3. The second-order valence-corrected chi connectivity index (χ2v) is 7.82. The predicted molar refractivity (Wildman–Crippen MR) is 117 cm³/mol. The van der Waals surface area contributed by atoms with Crippen LogP contribution in [-0.4, -0.2) is 5.11 Å². The molecule has 0 saturated heterocycles. The van der Waals surface area contributed by atoms with E-state index >= 15 is 0 Å². The molecule has 1 rings (SSSR count). The maximum absolute atomic E-state index is 11.1. The van der Waals surface area contributed by atoms with Crippen LogP contribution < -0.4 is 0 Å². The Labute approximate surface area is 163 Å². The highest BCUT2D eigenvalue weighted by Gasteiger charge is 2.21.